The zero-order chi connectivity index (χ0) is 21.5. The monoisotopic (exact) mass is 411 g/mol. The molecule has 5 aromatic rings. The fourth-order valence-electron chi connectivity index (χ4n) is 3.82. The Bertz CT molecular complexity index is 1420. The number of benzene rings is 3. The largest absolute Gasteiger partial charge is 0.477 e. The second-order valence-electron chi connectivity index (χ2n) is 7.34. The first-order valence-corrected chi connectivity index (χ1v) is 9.76. The molecule has 0 unspecified atom stereocenters. The Labute approximate surface area is 177 Å². The summed E-state index contributed by atoms with van der Waals surface area (Å²) in [6.45, 7) is 0. The van der Waals surface area contributed by atoms with Crippen molar-refractivity contribution >= 4 is 39.1 Å². The van der Waals surface area contributed by atoms with Crippen LogP contribution < -0.4 is 4.90 Å². The molecule has 0 aliphatic carbocycles. The Morgan fingerprint density at radius 2 is 1.58 bits per heavy atom. The van der Waals surface area contributed by atoms with E-state index in [4.69, 9.17) is 0 Å². The Hall–Kier alpha value is -4.19. The normalized spacial score (nSPS) is 11.2. The number of hydrogen-bond donors (Lipinski definition) is 2. The molecule has 0 saturated carbocycles. The summed E-state index contributed by atoms with van der Waals surface area (Å²) in [5.41, 5.74) is 4.88. The summed E-state index contributed by atoms with van der Waals surface area (Å²) in [5.74, 6) is -1.35. The first kappa shape index (κ1) is 18.8. The number of rotatable bonds is 4. The van der Waals surface area contributed by atoms with Crippen molar-refractivity contribution in [2.75, 3.05) is 11.9 Å². The minimum absolute atomic E-state index is 0.000222. The summed E-state index contributed by atoms with van der Waals surface area (Å²) in [6.07, 6.45) is 0. The predicted molar refractivity (Wildman–Crippen MR) is 120 cm³/mol. The van der Waals surface area contributed by atoms with Gasteiger partial charge in [-0.05, 0) is 48.5 Å². The zero-order valence-electron chi connectivity index (χ0n) is 16.6. The van der Waals surface area contributed by atoms with Gasteiger partial charge in [0.1, 0.15) is 11.5 Å². The Balaban J connectivity index is 1.61. The maximum atomic E-state index is 13.2. The van der Waals surface area contributed by atoms with Crippen LogP contribution in [0.5, 0.6) is 0 Å². The van der Waals surface area contributed by atoms with Crippen LogP contribution in [0, 0.1) is 5.82 Å². The lowest BCUT2D eigenvalue weighted by Crippen LogP contribution is -2.09. The molecule has 2 aromatic heterocycles. The average molecular weight is 411 g/mol. The fraction of sp³-hybridized carbons (Fsp3) is 0.0400. The molecule has 31 heavy (non-hydrogen) atoms. The summed E-state index contributed by atoms with van der Waals surface area (Å²) >= 11 is 0. The van der Waals surface area contributed by atoms with E-state index >= 15 is 0 Å². The highest BCUT2D eigenvalue weighted by Gasteiger charge is 2.16. The van der Waals surface area contributed by atoms with Crippen LogP contribution in [0.4, 0.5) is 15.8 Å². The van der Waals surface area contributed by atoms with Gasteiger partial charge in [-0.25, -0.2) is 14.2 Å². The average Bonchev–Trinajstić information content (AvgIpc) is 3.17. The van der Waals surface area contributed by atoms with Crippen molar-refractivity contribution in [3.05, 3.63) is 90.4 Å². The summed E-state index contributed by atoms with van der Waals surface area (Å²) in [5, 5.41) is 11.4. The van der Waals surface area contributed by atoms with Gasteiger partial charge in [0.25, 0.3) is 0 Å². The number of nitrogens with zero attached hydrogens (tertiary/aromatic N) is 2. The first-order chi connectivity index (χ1) is 15.0. The standard InChI is InChI=1S/C25H18FN3O2/c1-29(18-12-8-16(26)9-13-18)17-10-6-15(7-11-17)23-24-20(14-22(28-23)25(30)31)19-4-2-3-5-21(19)27-24/h2-14,27H,1H3,(H,30,31). The van der Waals surface area contributed by atoms with Crippen LogP contribution in [0.3, 0.4) is 0 Å². The molecule has 5 rings (SSSR count). The second kappa shape index (κ2) is 7.25. The highest BCUT2D eigenvalue weighted by Crippen LogP contribution is 2.34. The van der Waals surface area contributed by atoms with Crippen molar-refractivity contribution in [1.29, 1.82) is 0 Å². The molecular formula is C25H18FN3O2. The summed E-state index contributed by atoms with van der Waals surface area (Å²) in [7, 11) is 1.90. The molecule has 0 aliphatic heterocycles. The van der Waals surface area contributed by atoms with Crippen molar-refractivity contribution in [2.45, 2.75) is 0 Å². The minimum atomic E-state index is -1.07. The number of para-hydroxylation sites is 1. The Kier molecular flexibility index (Phi) is 4.40. The van der Waals surface area contributed by atoms with E-state index in [2.05, 4.69) is 9.97 Å². The van der Waals surface area contributed by atoms with E-state index in [1.165, 1.54) is 12.1 Å². The number of carboxylic acid groups (broad SMARTS) is 1. The molecule has 0 fully saturated rings. The van der Waals surface area contributed by atoms with Crippen molar-refractivity contribution in [2.24, 2.45) is 0 Å². The van der Waals surface area contributed by atoms with Crippen LogP contribution in [0.2, 0.25) is 0 Å². The van der Waals surface area contributed by atoms with Gasteiger partial charge in [0.2, 0.25) is 0 Å². The molecule has 6 heteroatoms. The van der Waals surface area contributed by atoms with E-state index in [0.717, 1.165) is 38.7 Å². The topological polar surface area (TPSA) is 69.2 Å². The smallest absolute Gasteiger partial charge is 0.354 e. The first-order valence-electron chi connectivity index (χ1n) is 9.76. The number of aromatic carboxylic acids is 1. The molecule has 2 N–H and O–H groups in total. The van der Waals surface area contributed by atoms with Crippen molar-refractivity contribution in [3.8, 4) is 11.3 Å². The molecule has 3 aromatic carbocycles. The van der Waals surface area contributed by atoms with Gasteiger partial charge in [-0.15, -0.1) is 0 Å². The van der Waals surface area contributed by atoms with Gasteiger partial charge >= 0.3 is 5.97 Å². The SMILES string of the molecule is CN(c1ccc(F)cc1)c1ccc(-c2nc(C(=O)O)cc3c2[nH]c2ccccc23)cc1. The Morgan fingerprint density at radius 3 is 2.26 bits per heavy atom. The van der Waals surface area contributed by atoms with Gasteiger partial charge in [0.15, 0.2) is 0 Å². The number of H-pyrrole nitrogens is 1. The Morgan fingerprint density at radius 1 is 0.935 bits per heavy atom. The van der Waals surface area contributed by atoms with E-state index < -0.39 is 5.97 Å². The molecule has 0 radical (unpaired) electrons. The maximum absolute atomic E-state index is 13.2. The van der Waals surface area contributed by atoms with Gasteiger partial charge in [0, 0.05) is 40.3 Å². The number of pyridine rings is 1. The number of carbonyl (C=O) groups is 1. The molecular weight excluding hydrogens is 393 g/mol. The highest BCUT2D eigenvalue weighted by molar-refractivity contribution is 6.12. The fourth-order valence-corrected chi connectivity index (χ4v) is 3.82. The third-order valence-electron chi connectivity index (χ3n) is 5.46. The van der Waals surface area contributed by atoms with E-state index in [-0.39, 0.29) is 11.5 Å². The highest BCUT2D eigenvalue weighted by atomic mass is 19.1. The van der Waals surface area contributed by atoms with Crippen molar-refractivity contribution in [3.63, 3.8) is 0 Å². The maximum Gasteiger partial charge on any atom is 0.354 e. The van der Waals surface area contributed by atoms with Crippen LogP contribution in [-0.2, 0) is 0 Å². The third-order valence-corrected chi connectivity index (χ3v) is 5.46. The molecule has 0 bridgehead atoms. The molecule has 0 saturated heterocycles. The van der Waals surface area contributed by atoms with Gasteiger partial charge in [0.05, 0.1) is 11.2 Å². The number of aromatic nitrogens is 2. The van der Waals surface area contributed by atoms with E-state index in [1.54, 1.807) is 18.2 Å². The van der Waals surface area contributed by atoms with Crippen molar-refractivity contribution in [1.82, 2.24) is 9.97 Å². The van der Waals surface area contributed by atoms with Crippen LogP contribution in [0.15, 0.2) is 78.9 Å². The molecule has 2 heterocycles. The number of fused-ring (bicyclic) bond motifs is 3. The number of anilines is 2. The van der Waals surface area contributed by atoms with Gasteiger partial charge in [-0.3, -0.25) is 0 Å². The molecule has 0 amide bonds. The second-order valence-corrected chi connectivity index (χ2v) is 7.34. The van der Waals surface area contributed by atoms with E-state index in [1.807, 2.05) is 60.5 Å². The van der Waals surface area contributed by atoms with Crippen LogP contribution in [-0.4, -0.2) is 28.1 Å². The molecule has 152 valence electrons. The third kappa shape index (κ3) is 3.28. The zero-order valence-corrected chi connectivity index (χ0v) is 16.6. The van der Waals surface area contributed by atoms with Crippen LogP contribution in [0.25, 0.3) is 33.1 Å². The summed E-state index contributed by atoms with van der Waals surface area (Å²) in [4.78, 5) is 21.5. The van der Waals surface area contributed by atoms with Gasteiger partial charge < -0.3 is 15.0 Å². The number of aromatic amines is 1. The van der Waals surface area contributed by atoms with Crippen molar-refractivity contribution < 1.29 is 14.3 Å². The molecule has 0 aliphatic rings. The lowest BCUT2D eigenvalue weighted by atomic mass is 10.1. The molecule has 0 spiro atoms. The van der Waals surface area contributed by atoms with Gasteiger partial charge in [-0.1, -0.05) is 30.3 Å². The van der Waals surface area contributed by atoms with E-state index in [9.17, 15) is 14.3 Å². The van der Waals surface area contributed by atoms with E-state index in [0.29, 0.717) is 5.69 Å². The summed E-state index contributed by atoms with van der Waals surface area (Å²) in [6, 6.07) is 23.4. The number of nitrogens with one attached hydrogen (secondary N) is 1. The predicted octanol–water partition coefficient (Wildman–Crippen LogP) is 5.99. The quantitative estimate of drug-likeness (QED) is 0.381. The summed E-state index contributed by atoms with van der Waals surface area (Å²) < 4.78 is 13.2. The van der Waals surface area contributed by atoms with Gasteiger partial charge in [-0.2, -0.15) is 0 Å². The molecule has 0 atom stereocenters. The van der Waals surface area contributed by atoms with Crippen LogP contribution >= 0.6 is 0 Å². The number of carboxylic acids is 1. The molecule has 5 nitrogen and oxygen atoms in total. The minimum Gasteiger partial charge on any atom is -0.477 e. The van der Waals surface area contributed by atoms with Crippen LogP contribution in [0.1, 0.15) is 10.5 Å². The lowest BCUT2D eigenvalue weighted by molar-refractivity contribution is 0.0691. The number of halogens is 1. The number of hydrogen-bond acceptors (Lipinski definition) is 3. The lowest BCUT2D eigenvalue weighted by Gasteiger charge is -2.19.